The zero-order chi connectivity index (χ0) is 23.0. The zero-order valence-electron chi connectivity index (χ0n) is 19.2. The standard InChI is InChI=1S/C27H28N2O2S/c1-18-15-21(19(2)29(18)23-13-11-22(12-14-23)27(3,4)5)16-24-25(30)28(26(31)32-24)17-20-9-7-6-8-10-20/h6-16H,17H2,1-5H3/b24-16-. The Hall–Kier alpha value is -3.05. The van der Waals surface area contributed by atoms with Crippen LogP contribution in [0.15, 0.2) is 65.6 Å². The number of nitrogens with zero attached hydrogens (tertiary/aromatic N) is 2. The van der Waals surface area contributed by atoms with E-state index < -0.39 is 0 Å². The number of carbonyl (C=O) groups excluding carboxylic acids is 2. The van der Waals surface area contributed by atoms with Crippen LogP contribution >= 0.6 is 11.8 Å². The van der Waals surface area contributed by atoms with Gasteiger partial charge in [-0.05, 0) is 72.0 Å². The summed E-state index contributed by atoms with van der Waals surface area (Å²) in [4.78, 5) is 27.2. The molecule has 2 aromatic carbocycles. The van der Waals surface area contributed by atoms with Gasteiger partial charge in [-0.3, -0.25) is 14.5 Å². The second-order valence-electron chi connectivity index (χ2n) is 9.21. The van der Waals surface area contributed by atoms with Gasteiger partial charge in [0.1, 0.15) is 0 Å². The van der Waals surface area contributed by atoms with Crippen LogP contribution in [0, 0.1) is 13.8 Å². The molecule has 1 aliphatic heterocycles. The molecule has 4 nitrogen and oxygen atoms in total. The number of benzene rings is 2. The summed E-state index contributed by atoms with van der Waals surface area (Å²) in [5.74, 6) is -0.233. The third-order valence-corrected chi connectivity index (χ3v) is 6.71. The number of rotatable bonds is 4. The molecule has 2 amide bonds. The van der Waals surface area contributed by atoms with Gasteiger partial charge in [-0.25, -0.2) is 0 Å². The second kappa shape index (κ2) is 8.47. The minimum Gasteiger partial charge on any atom is -0.318 e. The molecule has 4 rings (SSSR count). The monoisotopic (exact) mass is 444 g/mol. The Kier molecular flexibility index (Phi) is 5.87. The van der Waals surface area contributed by atoms with Crippen LogP contribution in [0.1, 0.15) is 48.8 Å². The van der Waals surface area contributed by atoms with Crippen molar-refractivity contribution >= 4 is 29.0 Å². The maximum Gasteiger partial charge on any atom is 0.293 e. The van der Waals surface area contributed by atoms with Crippen molar-refractivity contribution in [3.8, 4) is 5.69 Å². The first kappa shape index (κ1) is 22.2. The summed E-state index contributed by atoms with van der Waals surface area (Å²) in [5, 5.41) is -0.225. The van der Waals surface area contributed by atoms with E-state index in [9.17, 15) is 9.59 Å². The van der Waals surface area contributed by atoms with E-state index in [4.69, 9.17) is 0 Å². The number of carbonyl (C=O) groups is 2. The largest absolute Gasteiger partial charge is 0.318 e. The molecule has 1 aromatic heterocycles. The van der Waals surface area contributed by atoms with Crippen LogP contribution in [0.3, 0.4) is 0 Å². The highest BCUT2D eigenvalue weighted by molar-refractivity contribution is 8.18. The molecule has 5 heteroatoms. The summed E-state index contributed by atoms with van der Waals surface area (Å²) < 4.78 is 2.19. The van der Waals surface area contributed by atoms with Crippen molar-refractivity contribution in [3.63, 3.8) is 0 Å². The van der Waals surface area contributed by atoms with Gasteiger partial charge in [0.2, 0.25) is 0 Å². The van der Waals surface area contributed by atoms with Gasteiger partial charge in [0.05, 0.1) is 11.4 Å². The third kappa shape index (κ3) is 4.30. The lowest BCUT2D eigenvalue weighted by molar-refractivity contribution is -0.123. The van der Waals surface area contributed by atoms with E-state index in [1.807, 2.05) is 43.3 Å². The summed E-state index contributed by atoms with van der Waals surface area (Å²) in [6.07, 6.45) is 1.85. The predicted molar refractivity (Wildman–Crippen MR) is 132 cm³/mol. The minimum atomic E-state index is -0.233. The first-order chi connectivity index (χ1) is 15.1. The molecular formula is C27H28N2O2S. The molecule has 0 N–H and O–H groups in total. The zero-order valence-corrected chi connectivity index (χ0v) is 20.0. The second-order valence-corrected chi connectivity index (χ2v) is 10.2. The molecule has 0 atom stereocenters. The fraction of sp³-hybridized carbons (Fsp3) is 0.259. The van der Waals surface area contributed by atoms with Gasteiger partial charge >= 0.3 is 0 Å². The average Bonchev–Trinajstić information content (AvgIpc) is 3.17. The Bertz CT molecular complexity index is 1200. The van der Waals surface area contributed by atoms with Gasteiger partial charge in [0.25, 0.3) is 11.1 Å². The lowest BCUT2D eigenvalue weighted by Crippen LogP contribution is -2.27. The molecule has 0 unspecified atom stereocenters. The molecule has 1 fully saturated rings. The minimum absolute atomic E-state index is 0.104. The third-order valence-electron chi connectivity index (χ3n) is 5.81. The van der Waals surface area contributed by atoms with Crippen LogP contribution in [-0.4, -0.2) is 20.6 Å². The number of amides is 2. The molecule has 32 heavy (non-hydrogen) atoms. The van der Waals surface area contributed by atoms with Crippen LogP contribution in [0.25, 0.3) is 11.8 Å². The smallest absolute Gasteiger partial charge is 0.293 e. The van der Waals surface area contributed by atoms with Crippen molar-refractivity contribution in [2.45, 2.75) is 46.6 Å². The molecule has 0 radical (unpaired) electrons. The summed E-state index contributed by atoms with van der Waals surface area (Å²) in [6.45, 7) is 11.0. The Morgan fingerprint density at radius 3 is 2.22 bits per heavy atom. The first-order valence-electron chi connectivity index (χ1n) is 10.7. The van der Waals surface area contributed by atoms with Crippen LogP contribution < -0.4 is 0 Å². The van der Waals surface area contributed by atoms with E-state index in [2.05, 4.69) is 62.6 Å². The Labute approximate surface area is 193 Å². The lowest BCUT2D eigenvalue weighted by Gasteiger charge is -2.20. The number of hydrogen-bond acceptors (Lipinski definition) is 3. The van der Waals surface area contributed by atoms with E-state index in [-0.39, 0.29) is 16.6 Å². The summed E-state index contributed by atoms with van der Waals surface area (Å²) in [7, 11) is 0. The van der Waals surface area contributed by atoms with Gasteiger partial charge in [-0.15, -0.1) is 0 Å². The van der Waals surface area contributed by atoms with Crippen LogP contribution in [0.5, 0.6) is 0 Å². The maximum atomic E-state index is 12.9. The van der Waals surface area contributed by atoms with Gasteiger partial charge < -0.3 is 4.57 Å². The Morgan fingerprint density at radius 1 is 0.938 bits per heavy atom. The van der Waals surface area contributed by atoms with Crippen molar-refractivity contribution in [2.24, 2.45) is 0 Å². The normalized spacial score (nSPS) is 15.8. The number of aromatic nitrogens is 1. The van der Waals surface area contributed by atoms with Crippen molar-refractivity contribution in [3.05, 3.63) is 93.6 Å². The van der Waals surface area contributed by atoms with Gasteiger partial charge in [0, 0.05) is 17.1 Å². The highest BCUT2D eigenvalue weighted by Crippen LogP contribution is 2.35. The van der Waals surface area contributed by atoms with E-state index >= 15 is 0 Å². The van der Waals surface area contributed by atoms with Gasteiger partial charge in [-0.1, -0.05) is 63.2 Å². The molecule has 0 bridgehead atoms. The molecular weight excluding hydrogens is 416 g/mol. The fourth-order valence-corrected chi connectivity index (χ4v) is 4.81. The summed E-state index contributed by atoms with van der Waals surface area (Å²) >= 11 is 1.01. The number of imide groups is 1. The van der Waals surface area contributed by atoms with E-state index in [0.717, 1.165) is 40.0 Å². The summed E-state index contributed by atoms with van der Waals surface area (Å²) in [5.41, 5.74) is 6.50. The number of aryl methyl sites for hydroxylation is 1. The Balaban J connectivity index is 1.61. The van der Waals surface area contributed by atoms with Crippen molar-refractivity contribution in [1.29, 1.82) is 0 Å². The SMILES string of the molecule is Cc1cc(/C=C2\SC(=O)N(Cc3ccccc3)C2=O)c(C)n1-c1ccc(C(C)(C)C)cc1. The van der Waals surface area contributed by atoms with Crippen molar-refractivity contribution in [1.82, 2.24) is 9.47 Å². The van der Waals surface area contributed by atoms with E-state index in [1.165, 1.54) is 10.5 Å². The molecule has 1 saturated heterocycles. The van der Waals surface area contributed by atoms with Crippen LogP contribution in [-0.2, 0) is 16.8 Å². The number of thioether (sulfide) groups is 1. The predicted octanol–water partition coefficient (Wildman–Crippen LogP) is 6.63. The fourth-order valence-electron chi connectivity index (χ4n) is 3.99. The highest BCUT2D eigenvalue weighted by atomic mass is 32.2. The van der Waals surface area contributed by atoms with Crippen molar-refractivity contribution < 1.29 is 9.59 Å². The average molecular weight is 445 g/mol. The van der Waals surface area contributed by atoms with Gasteiger partial charge in [-0.2, -0.15) is 0 Å². The molecule has 3 aromatic rings. The molecule has 1 aliphatic rings. The molecule has 0 spiro atoms. The van der Waals surface area contributed by atoms with Gasteiger partial charge in [0.15, 0.2) is 0 Å². The number of hydrogen-bond donors (Lipinski definition) is 0. The van der Waals surface area contributed by atoms with E-state index in [1.54, 1.807) is 0 Å². The molecule has 0 saturated carbocycles. The molecule has 0 aliphatic carbocycles. The Morgan fingerprint density at radius 2 is 1.59 bits per heavy atom. The van der Waals surface area contributed by atoms with Crippen LogP contribution in [0.4, 0.5) is 4.79 Å². The highest BCUT2D eigenvalue weighted by Gasteiger charge is 2.35. The lowest BCUT2D eigenvalue weighted by atomic mass is 9.87. The molecule has 2 heterocycles. The maximum absolute atomic E-state index is 12.9. The first-order valence-corrected chi connectivity index (χ1v) is 11.6. The topological polar surface area (TPSA) is 42.3 Å². The summed E-state index contributed by atoms with van der Waals surface area (Å²) in [6, 6.07) is 20.3. The quantitative estimate of drug-likeness (QED) is 0.424. The molecule has 164 valence electrons. The van der Waals surface area contributed by atoms with Crippen molar-refractivity contribution in [2.75, 3.05) is 0 Å². The van der Waals surface area contributed by atoms with E-state index in [0.29, 0.717) is 11.4 Å². The van der Waals surface area contributed by atoms with Crippen LogP contribution in [0.2, 0.25) is 0 Å².